The highest BCUT2D eigenvalue weighted by molar-refractivity contribution is 9.10. The van der Waals surface area contributed by atoms with E-state index in [2.05, 4.69) is 15.9 Å². The Hall–Kier alpha value is -2.89. The third kappa shape index (κ3) is 7.06. The first-order chi connectivity index (χ1) is 16.5. The molecule has 0 saturated heterocycles. The second-order valence-corrected chi connectivity index (χ2v) is 9.81. The van der Waals surface area contributed by atoms with E-state index in [1.165, 1.54) is 30.2 Å². The van der Waals surface area contributed by atoms with Gasteiger partial charge in [0.15, 0.2) is 0 Å². The Morgan fingerprint density at radius 1 is 1.00 bits per heavy atom. The van der Waals surface area contributed by atoms with E-state index in [9.17, 15) is 26.4 Å². The van der Waals surface area contributed by atoms with Crippen LogP contribution >= 0.6 is 15.9 Å². The summed E-state index contributed by atoms with van der Waals surface area (Å²) in [6.45, 7) is 0.658. The second-order valence-electron chi connectivity index (χ2n) is 7.41. The van der Waals surface area contributed by atoms with E-state index in [4.69, 9.17) is 8.92 Å². The fourth-order valence-corrected chi connectivity index (χ4v) is 4.60. The molecule has 11 heteroatoms. The molecule has 0 aliphatic rings. The maximum Gasteiger partial charge on any atom is 0.416 e. The molecule has 0 unspecified atom stereocenters. The van der Waals surface area contributed by atoms with Gasteiger partial charge < -0.3 is 13.8 Å². The van der Waals surface area contributed by atoms with Gasteiger partial charge in [0.05, 0.1) is 17.7 Å². The predicted molar refractivity (Wildman–Crippen MR) is 126 cm³/mol. The SMILES string of the molecule is COCCN(Cc1cccc(OS(=O)(=O)c2cccc(C(F)(F)F)c2)c1)C(=O)c1ccccc1Br. The number of hydrogen-bond donors (Lipinski definition) is 0. The lowest BCUT2D eigenvalue weighted by Gasteiger charge is -2.23. The number of carbonyl (C=O) groups excluding carboxylic acids is 1. The van der Waals surface area contributed by atoms with Crippen molar-refractivity contribution in [3.63, 3.8) is 0 Å². The van der Waals surface area contributed by atoms with Crippen LogP contribution in [0.4, 0.5) is 13.2 Å². The Kier molecular flexibility index (Phi) is 8.57. The Morgan fingerprint density at radius 2 is 1.71 bits per heavy atom. The standard InChI is InChI=1S/C24H21BrF3NO5S/c1-33-13-12-29(23(30)21-10-2-3-11-22(21)25)16-17-6-4-8-19(14-17)34-35(31,32)20-9-5-7-18(15-20)24(26,27)28/h2-11,14-15H,12-13,16H2,1H3. The molecule has 0 radical (unpaired) electrons. The first-order valence-electron chi connectivity index (χ1n) is 10.2. The molecular formula is C24H21BrF3NO5S. The monoisotopic (exact) mass is 571 g/mol. The van der Waals surface area contributed by atoms with E-state index in [0.717, 1.165) is 18.2 Å². The lowest BCUT2D eigenvalue weighted by atomic mass is 10.1. The van der Waals surface area contributed by atoms with Gasteiger partial charge >= 0.3 is 16.3 Å². The first-order valence-corrected chi connectivity index (χ1v) is 12.4. The third-order valence-corrected chi connectivity index (χ3v) is 6.82. The normalized spacial score (nSPS) is 11.8. The number of benzene rings is 3. The molecule has 0 atom stereocenters. The molecule has 0 aliphatic carbocycles. The maximum atomic E-state index is 13.1. The van der Waals surface area contributed by atoms with Crippen molar-refractivity contribution < 1.29 is 35.3 Å². The molecule has 35 heavy (non-hydrogen) atoms. The highest BCUT2D eigenvalue weighted by Gasteiger charge is 2.32. The summed E-state index contributed by atoms with van der Waals surface area (Å²) in [6.07, 6.45) is -4.70. The Bertz CT molecular complexity index is 1300. The van der Waals surface area contributed by atoms with Crippen LogP contribution < -0.4 is 4.18 Å². The van der Waals surface area contributed by atoms with E-state index >= 15 is 0 Å². The summed E-state index contributed by atoms with van der Waals surface area (Å²) in [4.78, 5) is 14.0. The molecule has 0 fully saturated rings. The van der Waals surface area contributed by atoms with E-state index in [1.807, 2.05) is 0 Å². The van der Waals surface area contributed by atoms with Crippen molar-refractivity contribution in [1.82, 2.24) is 4.90 Å². The fraction of sp³-hybridized carbons (Fsp3) is 0.208. The van der Waals surface area contributed by atoms with Gasteiger partial charge in [-0.2, -0.15) is 21.6 Å². The van der Waals surface area contributed by atoms with Gasteiger partial charge in [-0.15, -0.1) is 0 Å². The molecule has 0 N–H and O–H groups in total. The molecule has 0 heterocycles. The number of nitrogens with zero attached hydrogens (tertiary/aromatic N) is 1. The number of alkyl halides is 3. The lowest BCUT2D eigenvalue weighted by molar-refractivity contribution is -0.137. The minimum atomic E-state index is -4.70. The van der Waals surface area contributed by atoms with Crippen molar-refractivity contribution in [2.45, 2.75) is 17.6 Å². The topological polar surface area (TPSA) is 72.9 Å². The Balaban J connectivity index is 1.83. The number of rotatable bonds is 9. The molecule has 3 rings (SSSR count). The molecule has 0 aliphatic heterocycles. The van der Waals surface area contributed by atoms with E-state index in [0.29, 0.717) is 21.7 Å². The second kappa shape index (κ2) is 11.2. The van der Waals surface area contributed by atoms with E-state index < -0.39 is 26.8 Å². The van der Waals surface area contributed by atoms with Gasteiger partial charge in [0.25, 0.3) is 5.91 Å². The van der Waals surface area contributed by atoms with Crippen molar-refractivity contribution in [2.75, 3.05) is 20.3 Å². The van der Waals surface area contributed by atoms with Crippen molar-refractivity contribution in [3.8, 4) is 5.75 Å². The van der Waals surface area contributed by atoms with Crippen LogP contribution in [0.3, 0.4) is 0 Å². The van der Waals surface area contributed by atoms with Crippen molar-refractivity contribution in [1.29, 1.82) is 0 Å². The zero-order valence-corrected chi connectivity index (χ0v) is 20.9. The summed E-state index contributed by atoms with van der Waals surface area (Å²) < 4.78 is 75.0. The summed E-state index contributed by atoms with van der Waals surface area (Å²) in [5.41, 5.74) is -0.100. The van der Waals surface area contributed by atoms with Crippen LogP contribution in [0.5, 0.6) is 5.75 Å². The van der Waals surface area contributed by atoms with Crippen LogP contribution in [-0.2, 0) is 27.6 Å². The predicted octanol–water partition coefficient (Wildman–Crippen LogP) is 5.52. The van der Waals surface area contributed by atoms with Crippen LogP contribution in [0.25, 0.3) is 0 Å². The molecule has 3 aromatic rings. The van der Waals surface area contributed by atoms with Crippen molar-refractivity contribution >= 4 is 32.0 Å². The van der Waals surface area contributed by atoms with Gasteiger partial charge in [0, 0.05) is 24.7 Å². The lowest BCUT2D eigenvalue weighted by Crippen LogP contribution is -2.33. The largest absolute Gasteiger partial charge is 0.416 e. The molecule has 0 saturated carbocycles. The number of amides is 1. The summed E-state index contributed by atoms with van der Waals surface area (Å²) in [5.74, 6) is -0.364. The van der Waals surface area contributed by atoms with Gasteiger partial charge in [-0.05, 0) is 64.0 Å². The Morgan fingerprint density at radius 3 is 2.40 bits per heavy atom. The first kappa shape index (κ1) is 26.7. The number of halogens is 4. The molecular weight excluding hydrogens is 551 g/mol. The summed E-state index contributed by atoms with van der Waals surface area (Å²) >= 11 is 3.37. The zero-order valence-electron chi connectivity index (χ0n) is 18.5. The number of ether oxygens (including phenoxy) is 1. The molecule has 186 valence electrons. The van der Waals surface area contributed by atoms with E-state index in [1.54, 1.807) is 30.3 Å². The van der Waals surface area contributed by atoms with E-state index in [-0.39, 0.29) is 31.4 Å². The number of carbonyl (C=O) groups is 1. The average Bonchev–Trinajstić information content (AvgIpc) is 2.81. The quantitative estimate of drug-likeness (QED) is 0.316. The summed E-state index contributed by atoms with van der Waals surface area (Å²) in [7, 11) is -3.02. The minimum Gasteiger partial charge on any atom is -0.383 e. The van der Waals surface area contributed by atoms with Gasteiger partial charge in [0.1, 0.15) is 10.6 Å². The molecule has 0 bridgehead atoms. The van der Waals surface area contributed by atoms with Crippen molar-refractivity contribution in [3.05, 3.63) is 94.0 Å². The highest BCUT2D eigenvalue weighted by Crippen LogP contribution is 2.31. The maximum absolute atomic E-state index is 13.1. The molecule has 6 nitrogen and oxygen atoms in total. The van der Waals surface area contributed by atoms with Gasteiger partial charge in [-0.1, -0.05) is 30.3 Å². The minimum absolute atomic E-state index is 0.0973. The van der Waals surface area contributed by atoms with Crippen LogP contribution in [0.1, 0.15) is 21.5 Å². The zero-order chi connectivity index (χ0) is 25.6. The third-order valence-electron chi connectivity index (χ3n) is 4.88. The van der Waals surface area contributed by atoms with Gasteiger partial charge in [0.2, 0.25) is 0 Å². The highest BCUT2D eigenvalue weighted by atomic mass is 79.9. The molecule has 1 amide bonds. The Labute approximate surface area is 209 Å². The van der Waals surface area contributed by atoms with Crippen molar-refractivity contribution in [2.24, 2.45) is 0 Å². The van der Waals surface area contributed by atoms with Crippen LogP contribution in [0.15, 0.2) is 82.2 Å². The number of methoxy groups -OCH3 is 1. The van der Waals surface area contributed by atoms with Crippen LogP contribution in [0, 0.1) is 0 Å². The summed E-state index contributed by atoms with van der Waals surface area (Å²) in [6, 6.07) is 16.2. The molecule has 3 aromatic carbocycles. The smallest absolute Gasteiger partial charge is 0.383 e. The van der Waals surface area contributed by atoms with Gasteiger partial charge in [-0.25, -0.2) is 0 Å². The summed E-state index contributed by atoms with van der Waals surface area (Å²) in [5, 5.41) is 0. The van der Waals surface area contributed by atoms with Gasteiger partial charge in [-0.3, -0.25) is 4.79 Å². The fourth-order valence-electron chi connectivity index (χ4n) is 3.18. The molecule has 0 aromatic heterocycles. The average molecular weight is 572 g/mol. The molecule has 0 spiro atoms. The van der Waals surface area contributed by atoms with Crippen LogP contribution in [0.2, 0.25) is 0 Å². The number of hydrogen-bond acceptors (Lipinski definition) is 5. The van der Waals surface area contributed by atoms with Crippen LogP contribution in [-0.4, -0.2) is 39.5 Å².